The van der Waals surface area contributed by atoms with Gasteiger partial charge in [-0.15, -0.1) is 0 Å². The van der Waals surface area contributed by atoms with E-state index in [9.17, 15) is 9.59 Å². The Balaban J connectivity index is 2.33. The molecule has 1 unspecified atom stereocenters. The lowest BCUT2D eigenvalue weighted by atomic mass is 10.2. The van der Waals surface area contributed by atoms with Crippen molar-refractivity contribution in [1.29, 1.82) is 0 Å². The Kier molecular flexibility index (Phi) is 6.81. The lowest BCUT2D eigenvalue weighted by molar-refractivity contribution is -0.140. The highest BCUT2D eigenvalue weighted by atomic mass is 32.2. The van der Waals surface area contributed by atoms with Crippen LogP contribution in [0, 0.1) is 0 Å². The zero-order chi connectivity index (χ0) is 14.1. The number of carbonyl (C=O) groups excluding carboxylic acids is 1. The van der Waals surface area contributed by atoms with Gasteiger partial charge in [-0.05, 0) is 29.9 Å². The maximum Gasteiger partial charge on any atom is 0.326 e. The van der Waals surface area contributed by atoms with Crippen LogP contribution in [-0.2, 0) is 15.3 Å². The first-order chi connectivity index (χ1) is 9.17. The first-order valence-corrected chi connectivity index (χ1v) is 6.96. The molecule has 1 amide bonds. The van der Waals surface area contributed by atoms with Gasteiger partial charge in [-0.1, -0.05) is 12.1 Å². The molecule has 0 fully saturated rings. The zero-order valence-corrected chi connectivity index (χ0v) is 11.5. The molecule has 0 heterocycles. The SMILES string of the molecule is COc1cccc(CSCCC(NC=O)C(=O)O)c1. The highest BCUT2D eigenvalue weighted by Crippen LogP contribution is 2.18. The van der Waals surface area contributed by atoms with Crippen LogP contribution in [0.1, 0.15) is 12.0 Å². The molecule has 0 spiro atoms. The Labute approximate surface area is 116 Å². The maximum absolute atomic E-state index is 10.8. The third kappa shape index (κ3) is 5.65. The van der Waals surface area contributed by atoms with Crippen molar-refractivity contribution >= 4 is 24.1 Å². The van der Waals surface area contributed by atoms with Gasteiger partial charge in [-0.25, -0.2) is 4.79 Å². The fourth-order valence-electron chi connectivity index (χ4n) is 1.51. The van der Waals surface area contributed by atoms with E-state index in [0.29, 0.717) is 18.6 Å². The minimum absolute atomic E-state index is 0.405. The molecule has 0 radical (unpaired) electrons. The van der Waals surface area contributed by atoms with E-state index >= 15 is 0 Å². The molecular formula is C13H17NO4S. The molecule has 0 aliphatic rings. The van der Waals surface area contributed by atoms with Crippen molar-refractivity contribution in [3.05, 3.63) is 29.8 Å². The zero-order valence-electron chi connectivity index (χ0n) is 10.7. The Morgan fingerprint density at radius 1 is 1.58 bits per heavy atom. The summed E-state index contributed by atoms with van der Waals surface area (Å²) in [6, 6.07) is 6.93. The second-order valence-electron chi connectivity index (χ2n) is 3.87. The fourth-order valence-corrected chi connectivity index (χ4v) is 2.48. The number of thioether (sulfide) groups is 1. The average molecular weight is 283 g/mol. The van der Waals surface area contributed by atoms with E-state index in [4.69, 9.17) is 9.84 Å². The van der Waals surface area contributed by atoms with Gasteiger partial charge in [-0.2, -0.15) is 11.8 Å². The van der Waals surface area contributed by atoms with Crippen LogP contribution in [0.2, 0.25) is 0 Å². The smallest absolute Gasteiger partial charge is 0.326 e. The minimum Gasteiger partial charge on any atom is -0.497 e. The normalized spacial score (nSPS) is 11.6. The summed E-state index contributed by atoms with van der Waals surface area (Å²) in [5, 5.41) is 11.1. The van der Waals surface area contributed by atoms with Gasteiger partial charge in [0.05, 0.1) is 7.11 Å². The van der Waals surface area contributed by atoms with Gasteiger partial charge in [0.25, 0.3) is 0 Å². The first kappa shape index (κ1) is 15.4. The number of hydrogen-bond donors (Lipinski definition) is 2. The Morgan fingerprint density at radius 2 is 2.37 bits per heavy atom. The van der Waals surface area contributed by atoms with Gasteiger partial charge in [-0.3, -0.25) is 4.79 Å². The van der Waals surface area contributed by atoms with E-state index in [1.165, 1.54) is 0 Å². The van der Waals surface area contributed by atoms with Crippen LogP contribution >= 0.6 is 11.8 Å². The van der Waals surface area contributed by atoms with Gasteiger partial charge >= 0.3 is 5.97 Å². The number of methoxy groups -OCH3 is 1. The van der Waals surface area contributed by atoms with E-state index in [1.807, 2.05) is 24.3 Å². The molecule has 0 aliphatic heterocycles. The van der Waals surface area contributed by atoms with Gasteiger partial charge in [0.2, 0.25) is 6.41 Å². The summed E-state index contributed by atoms with van der Waals surface area (Å²) >= 11 is 1.62. The van der Waals surface area contributed by atoms with Crippen LogP contribution in [0.4, 0.5) is 0 Å². The number of carboxylic acid groups (broad SMARTS) is 1. The van der Waals surface area contributed by atoms with E-state index in [2.05, 4.69) is 5.32 Å². The number of hydrogen-bond acceptors (Lipinski definition) is 4. The number of aliphatic carboxylic acids is 1. The molecule has 104 valence electrons. The molecule has 19 heavy (non-hydrogen) atoms. The van der Waals surface area contributed by atoms with Crippen LogP contribution < -0.4 is 10.1 Å². The minimum atomic E-state index is -1.01. The van der Waals surface area contributed by atoms with Crippen molar-refractivity contribution in [3.63, 3.8) is 0 Å². The van der Waals surface area contributed by atoms with Crippen molar-refractivity contribution in [2.75, 3.05) is 12.9 Å². The largest absolute Gasteiger partial charge is 0.497 e. The molecule has 1 aromatic carbocycles. The third-order valence-electron chi connectivity index (χ3n) is 2.52. The molecule has 0 saturated heterocycles. The second kappa shape index (κ2) is 8.42. The molecule has 2 N–H and O–H groups in total. The number of amides is 1. The van der Waals surface area contributed by atoms with Crippen LogP contribution in [0.15, 0.2) is 24.3 Å². The first-order valence-electron chi connectivity index (χ1n) is 5.80. The van der Waals surface area contributed by atoms with Crippen LogP contribution in [0.25, 0.3) is 0 Å². The van der Waals surface area contributed by atoms with Crippen LogP contribution in [0.5, 0.6) is 5.75 Å². The predicted molar refractivity (Wildman–Crippen MR) is 74.4 cm³/mol. The molecule has 5 nitrogen and oxygen atoms in total. The Morgan fingerprint density at radius 3 is 3.00 bits per heavy atom. The number of rotatable bonds is 9. The Hall–Kier alpha value is -1.69. The molecule has 0 saturated carbocycles. The number of benzene rings is 1. The summed E-state index contributed by atoms with van der Waals surface area (Å²) in [4.78, 5) is 21.0. The van der Waals surface area contributed by atoms with E-state index in [0.717, 1.165) is 17.1 Å². The third-order valence-corrected chi connectivity index (χ3v) is 3.58. The molecule has 0 aromatic heterocycles. The van der Waals surface area contributed by atoms with Crippen molar-refractivity contribution in [3.8, 4) is 5.75 Å². The summed E-state index contributed by atoms with van der Waals surface area (Å²) in [6.45, 7) is 0. The molecule has 1 aromatic rings. The number of carbonyl (C=O) groups is 2. The summed E-state index contributed by atoms with van der Waals surface area (Å²) < 4.78 is 5.13. The maximum atomic E-state index is 10.8. The fraction of sp³-hybridized carbons (Fsp3) is 0.385. The highest BCUT2D eigenvalue weighted by molar-refractivity contribution is 7.98. The average Bonchev–Trinajstić information content (AvgIpc) is 2.42. The van der Waals surface area contributed by atoms with Gasteiger partial charge < -0.3 is 15.2 Å². The summed E-state index contributed by atoms with van der Waals surface area (Å²) in [5.74, 6) is 1.25. The van der Waals surface area contributed by atoms with Crippen LogP contribution in [-0.4, -0.2) is 36.4 Å². The van der Waals surface area contributed by atoms with Crippen molar-refractivity contribution in [2.24, 2.45) is 0 Å². The lowest BCUT2D eigenvalue weighted by Crippen LogP contribution is -2.36. The summed E-state index contributed by atoms with van der Waals surface area (Å²) in [6.07, 6.45) is 0.828. The number of nitrogens with one attached hydrogen (secondary N) is 1. The van der Waals surface area contributed by atoms with Crippen molar-refractivity contribution < 1.29 is 19.4 Å². The quantitative estimate of drug-likeness (QED) is 0.531. The highest BCUT2D eigenvalue weighted by Gasteiger charge is 2.15. The monoisotopic (exact) mass is 283 g/mol. The Bertz CT molecular complexity index is 425. The molecule has 1 rings (SSSR count). The van der Waals surface area contributed by atoms with Crippen LogP contribution in [0.3, 0.4) is 0 Å². The van der Waals surface area contributed by atoms with E-state index in [1.54, 1.807) is 18.9 Å². The lowest BCUT2D eigenvalue weighted by Gasteiger charge is -2.10. The predicted octanol–water partition coefficient (Wildman–Crippen LogP) is 1.52. The topological polar surface area (TPSA) is 75.6 Å². The van der Waals surface area contributed by atoms with E-state index < -0.39 is 12.0 Å². The molecule has 0 bridgehead atoms. The molecule has 1 atom stereocenters. The molecule has 0 aliphatic carbocycles. The second-order valence-corrected chi connectivity index (χ2v) is 4.97. The van der Waals surface area contributed by atoms with Gasteiger partial charge in [0.1, 0.15) is 11.8 Å². The van der Waals surface area contributed by atoms with Crippen molar-refractivity contribution in [2.45, 2.75) is 18.2 Å². The van der Waals surface area contributed by atoms with Crippen molar-refractivity contribution in [1.82, 2.24) is 5.32 Å². The van der Waals surface area contributed by atoms with E-state index in [-0.39, 0.29) is 0 Å². The van der Waals surface area contributed by atoms with Gasteiger partial charge in [0.15, 0.2) is 0 Å². The molecular weight excluding hydrogens is 266 g/mol. The number of ether oxygens (including phenoxy) is 1. The standard InChI is InChI=1S/C13H17NO4S/c1-18-11-4-2-3-10(7-11)8-19-6-5-12(13(16)17)14-9-15/h2-4,7,9,12H,5-6,8H2,1H3,(H,14,15)(H,16,17). The molecule has 6 heteroatoms. The number of carboxylic acids is 1. The summed E-state index contributed by atoms with van der Waals surface area (Å²) in [7, 11) is 1.62. The summed E-state index contributed by atoms with van der Waals surface area (Å²) in [5.41, 5.74) is 1.12. The van der Waals surface area contributed by atoms with Gasteiger partial charge in [0, 0.05) is 5.75 Å².